The molecular formula is C20H46Br2NOP2Re. The van der Waals surface area contributed by atoms with Crippen LogP contribution < -0.4 is 5.59 Å². The Kier molecular flexibility index (Phi) is 41.1. The minimum Gasteiger partial charge on any atom is -0.120 e. The molecule has 0 aromatic carbocycles. The second-order valence-electron chi connectivity index (χ2n) is 7.51. The molecule has 27 heavy (non-hydrogen) atoms. The molecule has 0 aromatic rings. The Labute approximate surface area is 196 Å². The third kappa shape index (κ3) is 28.1. The standard InChI is InChI=1S/2C9H21P.C2H4.2BrH.NO.Re/c2*1-7(2)10(8(3)4)9(5)6;1-2;;;1-2;/h2*7-9H,1-6H3;1-2H2;2*1H;;/q;;;;;;+2/p-2. The molecule has 0 N–H and O–H groups in total. The van der Waals surface area contributed by atoms with E-state index >= 15 is 0 Å². The summed E-state index contributed by atoms with van der Waals surface area (Å²) in [4.78, 5) is 7.25. The summed E-state index contributed by atoms with van der Waals surface area (Å²) < 4.78 is 0. The molecule has 2 nitrogen and oxygen atoms in total. The van der Waals surface area contributed by atoms with Crippen molar-refractivity contribution in [2.45, 2.75) is 117 Å². The molecule has 0 bridgehead atoms. The summed E-state index contributed by atoms with van der Waals surface area (Å²) in [5.74, 6) is 0. The largest absolute Gasteiger partial charge is 0.120 e. The van der Waals surface area contributed by atoms with Gasteiger partial charge in [0, 0.05) is 0 Å². The summed E-state index contributed by atoms with van der Waals surface area (Å²) in [6.45, 7) is 34.2. The minimum absolute atomic E-state index is 0.0417. The zero-order chi connectivity index (χ0) is 23.3. The van der Waals surface area contributed by atoms with E-state index in [1.807, 2.05) is 0 Å². The summed E-state index contributed by atoms with van der Waals surface area (Å²) >= 11 is 6.39. The predicted molar refractivity (Wildman–Crippen MR) is 139 cm³/mol. The van der Waals surface area contributed by atoms with Crippen molar-refractivity contribution in [3.63, 3.8) is 0 Å². The van der Waals surface area contributed by atoms with Crippen LogP contribution in [-0.4, -0.2) is 34.0 Å². The van der Waals surface area contributed by atoms with E-state index in [0.29, 0.717) is 0 Å². The van der Waals surface area contributed by atoms with Crippen LogP contribution in [0.5, 0.6) is 0 Å². The molecule has 0 spiro atoms. The van der Waals surface area contributed by atoms with E-state index in [1.54, 1.807) is 0 Å². The average molecular weight is 725 g/mol. The molecule has 0 atom stereocenters. The maximum atomic E-state index is 7.25. The Balaban J connectivity index is -0.0000000896. The molecule has 0 saturated carbocycles. The quantitative estimate of drug-likeness (QED) is 0.252. The molecule has 0 aliphatic rings. The van der Waals surface area contributed by atoms with Crippen molar-refractivity contribution in [1.29, 1.82) is 0 Å². The molecule has 0 aromatic heterocycles. The summed E-state index contributed by atoms with van der Waals surface area (Å²) in [6.07, 6.45) is 0. The van der Waals surface area contributed by atoms with Gasteiger partial charge in [0.05, 0.1) is 0 Å². The van der Waals surface area contributed by atoms with E-state index in [2.05, 4.69) is 124 Å². The Bertz CT molecular complexity index is 208. The Morgan fingerprint density at radius 1 is 0.556 bits per heavy atom. The molecule has 0 amide bonds. The molecule has 168 valence electrons. The number of hydrogen-bond acceptors (Lipinski definition) is 1. The van der Waals surface area contributed by atoms with Crippen molar-refractivity contribution in [2.24, 2.45) is 0 Å². The fourth-order valence-corrected chi connectivity index (χ4v) is 10.7. The second kappa shape index (κ2) is 28.1. The summed E-state index contributed by atoms with van der Waals surface area (Å²) in [6, 6.07) is 0. The van der Waals surface area contributed by atoms with Gasteiger partial charge in [-0.1, -0.05) is 113 Å². The molecule has 0 heterocycles. The van der Waals surface area contributed by atoms with Crippen LogP contribution in [0.25, 0.3) is 0 Å². The van der Waals surface area contributed by atoms with Crippen LogP contribution in [0.4, 0.5) is 0 Å². The van der Waals surface area contributed by atoms with Crippen molar-refractivity contribution >= 4 is 42.7 Å². The number of hydrogen-bond donors (Lipinski definition) is 0. The van der Waals surface area contributed by atoms with Crippen LogP contribution in [0.1, 0.15) is 83.1 Å². The van der Waals surface area contributed by atoms with Crippen LogP contribution in [0, 0.1) is 18.8 Å². The number of nitroso groups, excluding NO2 is 1. The fourth-order valence-electron chi connectivity index (χ4n) is 3.58. The van der Waals surface area contributed by atoms with Gasteiger partial charge in [-0.05, 0) is 34.0 Å². The molecule has 0 aliphatic carbocycles. The van der Waals surface area contributed by atoms with E-state index in [4.69, 9.17) is 10.5 Å². The predicted octanol–water partition coefficient (Wildman–Crippen LogP) is 9.28. The van der Waals surface area contributed by atoms with Gasteiger partial charge >= 0.3 is 40.8 Å². The van der Waals surface area contributed by atoms with Crippen LogP contribution in [-0.2, 0) is 13.9 Å². The Hall–Kier alpha value is 2.08. The first-order valence-electron chi connectivity index (χ1n) is 9.45. The van der Waals surface area contributed by atoms with Gasteiger partial charge in [0.1, 0.15) is 5.59 Å². The van der Waals surface area contributed by atoms with Crippen LogP contribution >= 0.6 is 42.7 Å². The normalized spacial score (nSPS) is 10.4. The first kappa shape index (κ1) is 39.5. The molecule has 3 radical (unpaired) electrons. The number of nitrogens with zero attached hydrogens (tertiary/aromatic N) is 1. The SMILES string of the molecule is CC(C)P(C(C)C)C(C)C.CC(C)P(C(C)C)C(C)C.[Br][Re][Br].[CH2][CH2].[N]=O. The van der Waals surface area contributed by atoms with E-state index < -0.39 is 0 Å². The van der Waals surface area contributed by atoms with Crippen molar-refractivity contribution in [3.8, 4) is 0 Å². The summed E-state index contributed by atoms with van der Waals surface area (Å²) in [7, 11) is 0.525. The van der Waals surface area contributed by atoms with Gasteiger partial charge in [-0.25, -0.2) is 0 Å². The first-order chi connectivity index (χ1) is 12.3. The van der Waals surface area contributed by atoms with E-state index in [-0.39, 0.29) is 29.8 Å². The summed E-state index contributed by atoms with van der Waals surface area (Å²) in [5.41, 5.74) is 11.1. The fraction of sp³-hybridized carbons (Fsp3) is 0.900. The van der Waals surface area contributed by atoms with Gasteiger partial charge in [0.2, 0.25) is 0 Å². The average Bonchev–Trinajstić information content (AvgIpc) is 2.50. The first-order valence-corrected chi connectivity index (χ1v) is 24.4. The van der Waals surface area contributed by atoms with Gasteiger partial charge in [0.15, 0.2) is 0 Å². The zero-order valence-corrected chi connectivity index (χ0v) is 27.4. The topological polar surface area (TPSA) is 39.4 Å². The molecule has 0 rings (SSSR count). The molecule has 7 heteroatoms. The van der Waals surface area contributed by atoms with Crippen molar-refractivity contribution in [3.05, 3.63) is 18.8 Å². The maximum absolute atomic E-state index is 7.25. The molecule has 0 fully saturated rings. The van der Waals surface area contributed by atoms with E-state index in [9.17, 15) is 0 Å². The zero-order valence-electron chi connectivity index (χ0n) is 19.8. The minimum atomic E-state index is -0.0417. The van der Waals surface area contributed by atoms with E-state index in [1.165, 1.54) is 0 Å². The smallest absolute Gasteiger partial charge is 0.120 e. The number of rotatable bonds is 6. The Morgan fingerprint density at radius 3 is 0.630 bits per heavy atom. The van der Waals surface area contributed by atoms with Gasteiger partial charge < -0.3 is 0 Å². The second-order valence-corrected chi connectivity index (χ2v) is 27.4. The molecule has 0 aliphatic heterocycles. The van der Waals surface area contributed by atoms with Gasteiger partial charge in [-0.3, -0.25) is 0 Å². The van der Waals surface area contributed by atoms with E-state index in [0.717, 1.165) is 34.0 Å². The molecule has 0 saturated heterocycles. The monoisotopic (exact) mass is 723 g/mol. The van der Waals surface area contributed by atoms with Crippen molar-refractivity contribution in [2.75, 3.05) is 0 Å². The molecule has 0 unspecified atom stereocenters. The van der Waals surface area contributed by atoms with Gasteiger partial charge in [0.25, 0.3) is 0 Å². The van der Waals surface area contributed by atoms with Crippen LogP contribution in [0.15, 0.2) is 0 Å². The van der Waals surface area contributed by atoms with Crippen LogP contribution in [0.2, 0.25) is 0 Å². The van der Waals surface area contributed by atoms with Crippen molar-refractivity contribution < 1.29 is 13.9 Å². The molecular weight excluding hydrogens is 678 g/mol. The summed E-state index contributed by atoms with van der Waals surface area (Å²) in [5, 5.41) is 0. The Morgan fingerprint density at radius 2 is 0.630 bits per heavy atom. The third-order valence-electron chi connectivity index (χ3n) is 3.58. The number of halogens is 2. The third-order valence-corrected chi connectivity index (χ3v) is 10.7. The van der Waals surface area contributed by atoms with Crippen LogP contribution in [0.3, 0.4) is 0 Å². The van der Waals surface area contributed by atoms with Crippen molar-refractivity contribution in [1.82, 2.24) is 5.59 Å². The van der Waals surface area contributed by atoms with Gasteiger partial charge in [-0.2, -0.15) is 0 Å². The maximum Gasteiger partial charge on any atom is 0.120 e. The van der Waals surface area contributed by atoms with Gasteiger partial charge in [-0.15, -0.1) is 4.91 Å².